The molecule has 2 atom stereocenters. The molecule has 4 heterocycles. The number of carbonyl (C=O) groups excluding carboxylic acids is 1. The van der Waals surface area contributed by atoms with Crippen LogP contribution in [-0.2, 0) is 0 Å². The molecule has 0 radical (unpaired) electrons. The van der Waals surface area contributed by atoms with E-state index in [1.807, 2.05) is 4.90 Å². The van der Waals surface area contributed by atoms with Crippen molar-refractivity contribution >= 4 is 22.8 Å². The molecule has 1 aromatic carbocycles. The first kappa shape index (κ1) is 21.4. The van der Waals surface area contributed by atoms with E-state index in [-0.39, 0.29) is 29.1 Å². The summed E-state index contributed by atoms with van der Waals surface area (Å²) in [4.78, 5) is 29.4. The number of alkyl halides is 3. The molecule has 172 valence electrons. The number of ether oxygens (including phenoxy) is 1. The summed E-state index contributed by atoms with van der Waals surface area (Å²) in [6, 6.07) is 7.26. The number of likely N-dealkylation sites (tertiary alicyclic amines) is 1. The van der Waals surface area contributed by atoms with Crippen LogP contribution in [0.3, 0.4) is 0 Å². The summed E-state index contributed by atoms with van der Waals surface area (Å²) in [5.74, 6) is -0.156. The first-order valence-electron chi connectivity index (χ1n) is 10.4. The molecule has 33 heavy (non-hydrogen) atoms. The van der Waals surface area contributed by atoms with Crippen LogP contribution in [-0.4, -0.2) is 64.7 Å². The predicted molar refractivity (Wildman–Crippen MR) is 110 cm³/mol. The van der Waals surface area contributed by atoms with Crippen molar-refractivity contribution in [3.63, 3.8) is 0 Å². The average Bonchev–Trinajstić information content (AvgIpc) is 3.36. The Morgan fingerprint density at radius 2 is 1.85 bits per heavy atom. The van der Waals surface area contributed by atoms with Gasteiger partial charge < -0.3 is 14.5 Å². The van der Waals surface area contributed by atoms with Gasteiger partial charge in [0.15, 0.2) is 6.61 Å². The second kappa shape index (κ2) is 8.13. The van der Waals surface area contributed by atoms with E-state index in [0.29, 0.717) is 43.0 Å². The van der Waals surface area contributed by atoms with Crippen LogP contribution in [0.15, 0.2) is 42.7 Å². The molecule has 0 N–H and O–H groups in total. The van der Waals surface area contributed by atoms with Gasteiger partial charge in [-0.2, -0.15) is 13.2 Å². The van der Waals surface area contributed by atoms with E-state index in [1.54, 1.807) is 17.2 Å². The zero-order chi connectivity index (χ0) is 23.2. The summed E-state index contributed by atoms with van der Waals surface area (Å²) in [6.45, 7) is 0.707. The summed E-state index contributed by atoms with van der Waals surface area (Å²) >= 11 is 0. The zero-order valence-corrected chi connectivity index (χ0v) is 17.3. The number of hydrogen-bond acceptors (Lipinski definition) is 6. The van der Waals surface area contributed by atoms with Gasteiger partial charge in [0.2, 0.25) is 11.8 Å². The van der Waals surface area contributed by atoms with Crippen molar-refractivity contribution in [2.45, 2.75) is 6.18 Å². The highest BCUT2D eigenvalue weighted by molar-refractivity contribution is 5.96. The van der Waals surface area contributed by atoms with Crippen LogP contribution in [0.2, 0.25) is 0 Å². The lowest BCUT2D eigenvalue weighted by atomic mass is 10.0. The lowest BCUT2D eigenvalue weighted by Gasteiger charge is -2.22. The van der Waals surface area contributed by atoms with Gasteiger partial charge in [0.05, 0.1) is 5.52 Å². The Hall–Kier alpha value is -3.50. The monoisotopic (exact) mass is 461 g/mol. The van der Waals surface area contributed by atoms with Gasteiger partial charge >= 0.3 is 6.18 Å². The van der Waals surface area contributed by atoms with Gasteiger partial charge in [0, 0.05) is 55.8 Å². The van der Waals surface area contributed by atoms with Crippen molar-refractivity contribution in [3.05, 3.63) is 54.1 Å². The minimum absolute atomic E-state index is 0.0173. The number of benzene rings is 1. The number of rotatable bonds is 4. The van der Waals surface area contributed by atoms with Crippen LogP contribution >= 0.6 is 0 Å². The van der Waals surface area contributed by atoms with E-state index in [4.69, 9.17) is 4.74 Å². The Morgan fingerprint density at radius 1 is 1.09 bits per heavy atom. The Labute approximate surface area is 186 Å². The number of hydrogen-bond donors (Lipinski definition) is 0. The molecule has 0 aliphatic carbocycles. The molecule has 7 nitrogen and oxygen atoms in total. The molecule has 0 saturated carbocycles. The van der Waals surface area contributed by atoms with Crippen molar-refractivity contribution in [3.8, 4) is 5.88 Å². The standard InChI is InChI=1S/C22H19F4N5O2/c23-16-3-4-18-13(6-16)7-28-21(29-18)31-10-14-8-30(9-15(14)11-31)20(32)17-2-1-5-27-19(17)33-12-22(24,25)26/h1-7,14-15H,8-12H2. The van der Waals surface area contributed by atoms with Crippen LogP contribution in [0, 0.1) is 17.7 Å². The number of aromatic nitrogens is 3. The maximum absolute atomic E-state index is 13.4. The summed E-state index contributed by atoms with van der Waals surface area (Å²) in [7, 11) is 0. The van der Waals surface area contributed by atoms with Gasteiger partial charge in [-0.15, -0.1) is 0 Å². The minimum atomic E-state index is -4.52. The predicted octanol–water partition coefficient (Wildman–Crippen LogP) is 3.31. The van der Waals surface area contributed by atoms with E-state index in [1.165, 1.54) is 30.5 Å². The summed E-state index contributed by atoms with van der Waals surface area (Å²) in [5.41, 5.74) is 0.668. The molecule has 0 bridgehead atoms. The Bertz CT molecular complexity index is 1190. The van der Waals surface area contributed by atoms with E-state index in [2.05, 4.69) is 15.0 Å². The van der Waals surface area contributed by atoms with Gasteiger partial charge in [-0.25, -0.2) is 19.3 Å². The first-order chi connectivity index (χ1) is 15.8. The van der Waals surface area contributed by atoms with Gasteiger partial charge in [0.25, 0.3) is 5.91 Å². The van der Waals surface area contributed by atoms with Crippen molar-refractivity contribution in [2.24, 2.45) is 11.8 Å². The molecule has 5 rings (SSSR count). The molecule has 3 aromatic rings. The topological polar surface area (TPSA) is 71.5 Å². The Morgan fingerprint density at radius 3 is 2.58 bits per heavy atom. The summed E-state index contributed by atoms with van der Waals surface area (Å²) < 4.78 is 55.7. The molecule has 1 amide bonds. The van der Waals surface area contributed by atoms with Crippen LogP contribution in [0.4, 0.5) is 23.5 Å². The summed E-state index contributed by atoms with van der Waals surface area (Å²) in [6.07, 6.45) is -1.64. The highest BCUT2D eigenvalue weighted by Gasteiger charge is 2.43. The fourth-order valence-electron chi connectivity index (χ4n) is 4.46. The number of halogens is 4. The quantitative estimate of drug-likeness (QED) is 0.556. The number of nitrogens with zero attached hydrogens (tertiary/aromatic N) is 5. The molecule has 0 spiro atoms. The van der Waals surface area contributed by atoms with Crippen molar-refractivity contribution in [2.75, 3.05) is 37.7 Å². The third-order valence-electron chi connectivity index (χ3n) is 5.96. The van der Waals surface area contributed by atoms with E-state index < -0.39 is 18.7 Å². The van der Waals surface area contributed by atoms with Crippen LogP contribution < -0.4 is 9.64 Å². The molecule has 2 fully saturated rings. The number of carbonyl (C=O) groups is 1. The summed E-state index contributed by atoms with van der Waals surface area (Å²) in [5, 5.41) is 0.620. The number of anilines is 1. The molecule has 2 saturated heterocycles. The van der Waals surface area contributed by atoms with Crippen molar-refractivity contribution < 1.29 is 27.1 Å². The lowest BCUT2D eigenvalue weighted by Crippen LogP contribution is -2.34. The highest BCUT2D eigenvalue weighted by atomic mass is 19.4. The Balaban J connectivity index is 1.26. The van der Waals surface area contributed by atoms with Crippen LogP contribution in [0.25, 0.3) is 10.9 Å². The van der Waals surface area contributed by atoms with E-state index in [0.717, 1.165) is 0 Å². The Kier molecular flexibility index (Phi) is 5.26. The van der Waals surface area contributed by atoms with Crippen LogP contribution in [0.1, 0.15) is 10.4 Å². The third-order valence-corrected chi connectivity index (χ3v) is 5.96. The maximum atomic E-state index is 13.4. The average molecular weight is 461 g/mol. The smallest absolute Gasteiger partial charge is 0.422 e. The number of pyridine rings is 1. The second-order valence-electron chi connectivity index (χ2n) is 8.27. The molecule has 2 aromatic heterocycles. The second-order valence-corrected chi connectivity index (χ2v) is 8.27. The highest BCUT2D eigenvalue weighted by Crippen LogP contribution is 2.34. The first-order valence-corrected chi connectivity index (χ1v) is 10.4. The molecular weight excluding hydrogens is 442 g/mol. The van der Waals surface area contributed by atoms with E-state index in [9.17, 15) is 22.4 Å². The SMILES string of the molecule is O=C(c1cccnc1OCC(F)(F)F)N1CC2CN(c3ncc4cc(F)ccc4n3)CC2C1. The molecule has 2 aliphatic heterocycles. The zero-order valence-electron chi connectivity index (χ0n) is 17.3. The van der Waals surface area contributed by atoms with Gasteiger partial charge in [-0.1, -0.05) is 0 Å². The molecule has 2 aliphatic rings. The van der Waals surface area contributed by atoms with Gasteiger partial charge in [-0.3, -0.25) is 4.79 Å². The minimum Gasteiger partial charge on any atom is -0.467 e. The molecule has 2 unspecified atom stereocenters. The van der Waals surface area contributed by atoms with Gasteiger partial charge in [-0.05, 0) is 30.3 Å². The fraction of sp³-hybridized carbons (Fsp3) is 0.364. The van der Waals surface area contributed by atoms with Crippen molar-refractivity contribution in [1.82, 2.24) is 19.9 Å². The molecular formula is C22H19F4N5O2. The largest absolute Gasteiger partial charge is 0.467 e. The fourth-order valence-corrected chi connectivity index (χ4v) is 4.46. The van der Waals surface area contributed by atoms with Crippen molar-refractivity contribution in [1.29, 1.82) is 0 Å². The number of amides is 1. The van der Waals surface area contributed by atoms with E-state index >= 15 is 0 Å². The third kappa shape index (κ3) is 4.39. The number of fused-ring (bicyclic) bond motifs is 2. The maximum Gasteiger partial charge on any atom is 0.422 e. The normalized spacial score (nSPS) is 20.4. The molecule has 11 heteroatoms. The van der Waals surface area contributed by atoms with Gasteiger partial charge in [0.1, 0.15) is 11.4 Å². The van der Waals surface area contributed by atoms with Crippen LogP contribution in [0.5, 0.6) is 5.88 Å². The lowest BCUT2D eigenvalue weighted by molar-refractivity contribution is -0.154.